The zero-order valence-electron chi connectivity index (χ0n) is 16.4. The van der Waals surface area contributed by atoms with Crippen LogP contribution in [0.4, 0.5) is 4.39 Å². The van der Waals surface area contributed by atoms with Gasteiger partial charge in [-0.1, -0.05) is 30.3 Å². The minimum atomic E-state index is -0.802. The Morgan fingerprint density at radius 3 is 2.53 bits per heavy atom. The number of alkyl halides is 1. The normalized spacial score (nSPS) is 18.0. The molecule has 30 heavy (non-hydrogen) atoms. The average molecular weight is 414 g/mol. The van der Waals surface area contributed by atoms with Gasteiger partial charge in [0.25, 0.3) is 11.8 Å². The summed E-state index contributed by atoms with van der Waals surface area (Å²) in [5, 5.41) is 5.16. The van der Waals surface area contributed by atoms with Gasteiger partial charge in [0, 0.05) is 27.2 Å². The zero-order valence-corrected chi connectivity index (χ0v) is 16.4. The lowest BCUT2D eigenvalue weighted by Gasteiger charge is -2.16. The summed E-state index contributed by atoms with van der Waals surface area (Å²) >= 11 is 0. The van der Waals surface area contributed by atoms with Gasteiger partial charge in [-0.2, -0.15) is 0 Å². The van der Waals surface area contributed by atoms with Crippen LogP contribution in [0.2, 0.25) is 0 Å². The second-order valence-electron chi connectivity index (χ2n) is 6.66. The Hall–Kier alpha value is -3.81. The van der Waals surface area contributed by atoms with Crippen LogP contribution in [0.1, 0.15) is 40.6 Å². The van der Waals surface area contributed by atoms with E-state index in [2.05, 4.69) is 10.6 Å². The monoisotopic (exact) mass is 414 g/mol. The van der Waals surface area contributed by atoms with Crippen LogP contribution in [0, 0.1) is 0 Å². The van der Waals surface area contributed by atoms with Crippen LogP contribution in [0.25, 0.3) is 0 Å². The van der Waals surface area contributed by atoms with Crippen LogP contribution in [-0.4, -0.2) is 31.6 Å². The molecular formula is C22H27FN4O3. The van der Waals surface area contributed by atoms with Crippen molar-refractivity contribution in [3.8, 4) is 5.75 Å². The van der Waals surface area contributed by atoms with Crippen molar-refractivity contribution in [1.29, 1.82) is 0 Å². The van der Waals surface area contributed by atoms with Crippen molar-refractivity contribution in [2.75, 3.05) is 13.7 Å². The van der Waals surface area contributed by atoms with Gasteiger partial charge in [0.05, 0.1) is 17.2 Å². The summed E-state index contributed by atoms with van der Waals surface area (Å²) in [6.45, 7) is -0.746. The SMILES string of the molecule is CNC(=O)c1cc(C(=O)NC(/C=C\N)=C/N)cc2c1O[C@H](CF)[C@H]2c1ccccc1.[HH].[HH]. The summed E-state index contributed by atoms with van der Waals surface area (Å²) < 4.78 is 19.7. The summed E-state index contributed by atoms with van der Waals surface area (Å²) in [6.07, 6.45) is 3.07. The van der Waals surface area contributed by atoms with E-state index in [0.29, 0.717) is 11.3 Å². The molecule has 8 heteroatoms. The molecule has 0 saturated carbocycles. The van der Waals surface area contributed by atoms with E-state index >= 15 is 0 Å². The summed E-state index contributed by atoms with van der Waals surface area (Å²) in [6, 6.07) is 12.3. The van der Waals surface area contributed by atoms with Crippen molar-refractivity contribution in [2.24, 2.45) is 11.5 Å². The molecule has 2 atom stereocenters. The van der Waals surface area contributed by atoms with Crippen molar-refractivity contribution in [2.45, 2.75) is 12.0 Å². The molecule has 6 N–H and O–H groups in total. The number of amides is 2. The number of carbonyl (C=O) groups excluding carboxylic acids is 2. The van der Waals surface area contributed by atoms with Crippen LogP contribution >= 0.6 is 0 Å². The molecule has 2 aromatic rings. The number of benzene rings is 2. The number of halogens is 1. The lowest BCUT2D eigenvalue weighted by molar-refractivity contribution is 0.0955. The highest BCUT2D eigenvalue weighted by Gasteiger charge is 2.39. The quantitative estimate of drug-likeness (QED) is 0.541. The van der Waals surface area contributed by atoms with E-state index in [1.165, 1.54) is 31.6 Å². The van der Waals surface area contributed by atoms with Crippen LogP contribution < -0.4 is 26.8 Å². The highest BCUT2D eigenvalue weighted by atomic mass is 19.1. The fourth-order valence-electron chi connectivity index (χ4n) is 3.49. The molecule has 0 saturated heterocycles. The largest absolute Gasteiger partial charge is 0.486 e. The number of ether oxygens (including phenoxy) is 1. The molecule has 0 unspecified atom stereocenters. The molecule has 0 aromatic heterocycles. The van der Waals surface area contributed by atoms with Gasteiger partial charge >= 0.3 is 0 Å². The molecule has 3 rings (SSSR count). The molecule has 0 spiro atoms. The molecule has 1 aliphatic rings. The molecule has 0 bridgehead atoms. The maximum absolute atomic E-state index is 13.8. The zero-order chi connectivity index (χ0) is 21.7. The number of carbonyl (C=O) groups is 2. The van der Waals surface area contributed by atoms with Crippen molar-refractivity contribution >= 4 is 11.8 Å². The summed E-state index contributed by atoms with van der Waals surface area (Å²) in [5.74, 6) is -1.12. The Morgan fingerprint density at radius 2 is 1.93 bits per heavy atom. The van der Waals surface area contributed by atoms with Crippen molar-refractivity contribution in [1.82, 2.24) is 10.6 Å². The topological polar surface area (TPSA) is 119 Å². The molecule has 1 heterocycles. The number of allylic oxidation sites excluding steroid dienone is 1. The highest BCUT2D eigenvalue weighted by molar-refractivity contribution is 6.03. The first-order chi connectivity index (χ1) is 14.5. The predicted molar refractivity (Wildman–Crippen MR) is 116 cm³/mol. The summed E-state index contributed by atoms with van der Waals surface area (Å²) in [5.41, 5.74) is 12.9. The van der Waals surface area contributed by atoms with Gasteiger partial charge in [-0.25, -0.2) is 4.39 Å². The Labute approximate surface area is 176 Å². The minimum absolute atomic E-state index is 0. The van der Waals surface area contributed by atoms with Crippen LogP contribution in [0.3, 0.4) is 0 Å². The lowest BCUT2D eigenvalue weighted by atomic mass is 9.86. The van der Waals surface area contributed by atoms with E-state index < -0.39 is 30.5 Å². The van der Waals surface area contributed by atoms with Gasteiger partial charge in [-0.15, -0.1) is 0 Å². The smallest absolute Gasteiger partial charge is 0.255 e. The fourth-order valence-corrected chi connectivity index (χ4v) is 3.49. The molecule has 160 valence electrons. The molecular weight excluding hydrogens is 387 g/mol. The van der Waals surface area contributed by atoms with Gasteiger partial charge in [0.2, 0.25) is 0 Å². The number of fused-ring (bicyclic) bond motifs is 1. The molecule has 2 aromatic carbocycles. The Morgan fingerprint density at radius 1 is 1.20 bits per heavy atom. The molecule has 0 radical (unpaired) electrons. The Balaban J connectivity index is 0.00000256. The standard InChI is InChI=1S/C22H23FN4O3.2H2/c1-26-22(29)17-10-14(21(28)27-15(12-25)7-8-24)9-16-19(13-5-3-2-4-6-13)18(11-23)30-20(16)17;;/h2-10,12,18-19H,11,24-25H2,1H3,(H,26,29)(H,27,28);2*1H/b8-7-,15-12+;;/t18-,19+;;/m1../s1. The highest BCUT2D eigenvalue weighted by Crippen LogP contribution is 2.45. The Bertz CT molecular complexity index is 1020. The third-order valence-electron chi connectivity index (χ3n) is 4.85. The first kappa shape index (κ1) is 20.9. The van der Waals surface area contributed by atoms with Gasteiger partial charge in [-0.05, 0) is 30.0 Å². The van der Waals surface area contributed by atoms with Crippen LogP contribution in [0.5, 0.6) is 5.75 Å². The number of rotatable bonds is 6. The fraction of sp³-hybridized carbons (Fsp3) is 0.182. The minimum Gasteiger partial charge on any atom is -0.486 e. The second kappa shape index (κ2) is 9.13. The third kappa shape index (κ3) is 3.98. The first-order valence-electron chi connectivity index (χ1n) is 9.33. The lowest BCUT2D eigenvalue weighted by Crippen LogP contribution is -2.24. The van der Waals surface area contributed by atoms with Crippen molar-refractivity contribution < 1.29 is 21.6 Å². The van der Waals surface area contributed by atoms with Crippen molar-refractivity contribution in [3.63, 3.8) is 0 Å². The van der Waals surface area contributed by atoms with E-state index in [-0.39, 0.29) is 19.7 Å². The summed E-state index contributed by atoms with van der Waals surface area (Å²) in [4.78, 5) is 25.3. The van der Waals surface area contributed by atoms with E-state index in [1.54, 1.807) is 6.07 Å². The van der Waals surface area contributed by atoms with Gasteiger partial charge < -0.3 is 26.8 Å². The van der Waals surface area contributed by atoms with Crippen molar-refractivity contribution in [3.05, 3.63) is 88.9 Å². The van der Waals surface area contributed by atoms with E-state index in [4.69, 9.17) is 16.2 Å². The number of nitrogens with one attached hydrogen (secondary N) is 2. The number of hydrogen-bond acceptors (Lipinski definition) is 5. The first-order valence-corrected chi connectivity index (χ1v) is 9.33. The third-order valence-corrected chi connectivity index (χ3v) is 4.85. The number of nitrogens with two attached hydrogens (primary N) is 2. The summed E-state index contributed by atoms with van der Waals surface area (Å²) in [7, 11) is 1.47. The van der Waals surface area contributed by atoms with Gasteiger partial charge in [0.15, 0.2) is 0 Å². The molecule has 1 aliphatic heterocycles. The van der Waals surface area contributed by atoms with E-state index in [0.717, 1.165) is 5.56 Å². The maximum Gasteiger partial charge on any atom is 0.255 e. The Kier molecular flexibility index (Phi) is 6.36. The van der Waals surface area contributed by atoms with Crippen LogP contribution in [0.15, 0.2) is 66.6 Å². The number of hydrogen-bond donors (Lipinski definition) is 4. The van der Waals surface area contributed by atoms with E-state index in [9.17, 15) is 14.0 Å². The van der Waals surface area contributed by atoms with Gasteiger partial charge in [0.1, 0.15) is 18.5 Å². The molecule has 7 nitrogen and oxygen atoms in total. The molecule has 2 amide bonds. The maximum atomic E-state index is 13.8. The molecule has 0 fully saturated rings. The average Bonchev–Trinajstić information content (AvgIpc) is 3.16. The molecule has 0 aliphatic carbocycles. The predicted octanol–water partition coefficient (Wildman–Crippen LogP) is 2.40. The second-order valence-corrected chi connectivity index (χ2v) is 6.66. The van der Waals surface area contributed by atoms with Crippen LogP contribution in [-0.2, 0) is 0 Å². The van der Waals surface area contributed by atoms with E-state index in [1.807, 2.05) is 30.3 Å². The van der Waals surface area contributed by atoms with Gasteiger partial charge in [-0.3, -0.25) is 9.59 Å².